The molecule has 0 radical (unpaired) electrons. The van der Waals surface area contributed by atoms with Gasteiger partial charge in [0, 0.05) is 9.85 Å². The van der Waals surface area contributed by atoms with Gasteiger partial charge in [-0.1, -0.05) is 27.3 Å². The number of hydrogen-bond acceptors (Lipinski definition) is 4. The Morgan fingerprint density at radius 3 is 2.62 bits per heavy atom. The molecule has 0 amide bonds. The Kier molecular flexibility index (Phi) is 3.21. The van der Waals surface area contributed by atoms with Crippen molar-refractivity contribution in [3.63, 3.8) is 0 Å². The summed E-state index contributed by atoms with van der Waals surface area (Å²) in [7, 11) is 0. The fraction of sp³-hybridized carbons (Fsp3) is 0. The summed E-state index contributed by atoms with van der Waals surface area (Å²) in [6.45, 7) is 0. The molecule has 1 heterocycles. The van der Waals surface area contributed by atoms with E-state index in [1.54, 1.807) is 12.1 Å². The predicted molar refractivity (Wildman–Crippen MR) is 63.3 cm³/mol. The summed E-state index contributed by atoms with van der Waals surface area (Å²) in [4.78, 5) is 14.4. The number of hydrogen-bond donors (Lipinski definition) is 1. The Morgan fingerprint density at radius 2 is 2.06 bits per heavy atom. The van der Waals surface area contributed by atoms with Gasteiger partial charge in [0.25, 0.3) is 5.19 Å². The minimum Gasteiger partial charge on any atom is -0.476 e. The normalized spacial score (nSPS) is 10.1. The van der Waals surface area contributed by atoms with Gasteiger partial charge in [-0.2, -0.15) is 4.98 Å². The van der Waals surface area contributed by atoms with Crippen LogP contribution in [0.2, 0.25) is 0 Å². The number of carboxylic acids is 1. The van der Waals surface area contributed by atoms with Gasteiger partial charge in [0.05, 0.1) is 0 Å². The third-order valence-electron chi connectivity index (χ3n) is 1.72. The minimum atomic E-state index is -1.05. The van der Waals surface area contributed by atoms with E-state index in [-0.39, 0.29) is 5.69 Å². The first-order valence-corrected chi connectivity index (χ1v) is 5.94. The minimum absolute atomic E-state index is 0.00267. The molecule has 1 N–H and O–H groups in total. The summed E-state index contributed by atoms with van der Waals surface area (Å²) < 4.78 is 6.34. The van der Waals surface area contributed by atoms with E-state index >= 15 is 0 Å². The van der Waals surface area contributed by atoms with Crippen molar-refractivity contribution in [1.82, 2.24) is 4.98 Å². The van der Waals surface area contributed by atoms with Crippen LogP contribution in [0.1, 0.15) is 10.5 Å². The fourth-order valence-corrected chi connectivity index (χ4v) is 1.93. The third kappa shape index (κ3) is 2.59. The van der Waals surface area contributed by atoms with Crippen LogP contribution in [0, 0.1) is 0 Å². The van der Waals surface area contributed by atoms with Crippen LogP contribution in [0.15, 0.2) is 34.1 Å². The molecule has 2 rings (SSSR count). The highest BCUT2D eigenvalue weighted by Crippen LogP contribution is 2.26. The zero-order valence-corrected chi connectivity index (χ0v) is 10.3. The Bertz CT molecular complexity index is 509. The van der Waals surface area contributed by atoms with Crippen molar-refractivity contribution in [3.8, 4) is 10.9 Å². The smallest absolute Gasteiger partial charge is 0.355 e. The van der Waals surface area contributed by atoms with E-state index in [9.17, 15) is 4.79 Å². The van der Waals surface area contributed by atoms with Gasteiger partial charge in [-0.15, -0.1) is 0 Å². The molecule has 0 unspecified atom stereocenters. The molecular weight excluding hydrogens is 294 g/mol. The number of carboxylic acid groups (broad SMARTS) is 1. The number of ether oxygens (including phenoxy) is 1. The first kappa shape index (κ1) is 11.1. The molecule has 0 atom stereocenters. The molecule has 1 aromatic carbocycles. The van der Waals surface area contributed by atoms with Crippen molar-refractivity contribution in [2.24, 2.45) is 0 Å². The zero-order valence-electron chi connectivity index (χ0n) is 7.88. The van der Waals surface area contributed by atoms with E-state index in [1.807, 2.05) is 12.1 Å². The molecule has 4 nitrogen and oxygen atoms in total. The van der Waals surface area contributed by atoms with Gasteiger partial charge in [0.1, 0.15) is 5.75 Å². The molecule has 82 valence electrons. The maximum absolute atomic E-state index is 10.6. The lowest BCUT2D eigenvalue weighted by atomic mass is 10.3. The summed E-state index contributed by atoms with van der Waals surface area (Å²) in [5.41, 5.74) is -0.00267. The standard InChI is InChI=1S/C10H6BrNO3S/c11-6-1-3-7(4-2-6)15-10-12-8(5-16-10)9(13)14/h1-5H,(H,13,14). The summed E-state index contributed by atoms with van der Waals surface area (Å²) >= 11 is 4.46. The number of nitrogens with zero attached hydrogens (tertiary/aromatic N) is 1. The molecule has 0 fully saturated rings. The number of benzene rings is 1. The monoisotopic (exact) mass is 299 g/mol. The largest absolute Gasteiger partial charge is 0.476 e. The molecule has 0 aliphatic heterocycles. The van der Waals surface area contributed by atoms with E-state index in [0.717, 1.165) is 15.8 Å². The number of aromatic nitrogens is 1. The highest BCUT2D eigenvalue weighted by Gasteiger charge is 2.09. The average Bonchev–Trinajstić information content (AvgIpc) is 2.70. The zero-order chi connectivity index (χ0) is 11.5. The molecule has 0 aliphatic carbocycles. The van der Waals surface area contributed by atoms with E-state index in [1.165, 1.54) is 5.38 Å². The van der Waals surface area contributed by atoms with Crippen LogP contribution in [0.3, 0.4) is 0 Å². The van der Waals surface area contributed by atoms with Gasteiger partial charge in [-0.25, -0.2) is 4.79 Å². The summed E-state index contributed by atoms with van der Waals surface area (Å²) in [6.07, 6.45) is 0. The van der Waals surface area contributed by atoms with Crippen LogP contribution in [0.5, 0.6) is 10.9 Å². The van der Waals surface area contributed by atoms with Crippen molar-refractivity contribution in [3.05, 3.63) is 39.8 Å². The van der Waals surface area contributed by atoms with E-state index < -0.39 is 5.97 Å². The van der Waals surface area contributed by atoms with Crippen molar-refractivity contribution in [2.45, 2.75) is 0 Å². The Labute approximate surface area is 104 Å². The molecular formula is C10H6BrNO3S. The highest BCUT2D eigenvalue weighted by atomic mass is 79.9. The van der Waals surface area contributed by atoms with Crippen molar-refractivity contribution in [2.75, 3.05) is 0 Å². The quantitative estimate of drug-likeness (QED) is 0.944. The lowest BCUT2D eigenvalue weighted by molar-refractivity contribution is 0.0690. The molecule has 1 aromatic heterocycles. The van der Waals surface area contributed by atoms with Crippen LogP contribution in [0.25, 0.3) is 0 Å². The van der Waals surface area contributed by atoms with Gasteiger partial charge >= 0.3 is 5.97 Å². The van der Waals surface area contributed by atoms with Gasteiger partial charge < -0.3 is 9.84 Å². The van der Waals surface area contributed by atoms with Crippen molar-refractivity contribution in [1.29, 1.82) is 0 Å². The number of aromatic carboxylic acids is 1. The topological polar surface area (TPSA) is 59.4 Å². The second-order valence-corrected chi connectivity index (χ2v) is 4.60. The molecule has 0 aliphatic rings. The maximum Gasteiger partial charge on any atom is 0.355 e. The molecule has 0 spiro atoms. The third-order valence-corrected chi connectivity index (χ3v) is 2.97. The first-order chi connectivity index (χ1) is 7.65. The molecule has 0 bridgehead atoms. The number of carbonyl (C=O) groups is 1. The van der Waals surface area contributed by atoms with Crippen LogP contribution < -0.4 is 4.74 Å². The first-order valence-electron chi connectivity index (χ1n) is 4.27. The lowest BCUT2D eigenvalue weighted by Gasteiger charge is -2.00. The van der Waals surface area contributed by atoms with E-state index in [0.29, 0.717) is 10.9 Å². The van der Waals surface area contributed by atoms with Crippen molar-refractivity contribution >= 4 is 33.2 Å². The van der Waals surface area contributed by atoms with Gasteiger partial charge in [0.15, 0.2) is 5.69 Å². The van der Waals surface area contributed by atoms with E-state index in [4.69, 9.17) is 9.84 Å². The molecule has 0 saturated heterocycles. The van der Waals surface area contributed by atoms with Crippen LogP contribution in [-0.4, -0.2) is 16.1 Å². The Morgan fingerprint density at radius 1 is 1.38 bits per heavy atom. The molecule has 6 heteroatoms. The van der Waals surface area contributed by atoms with Gasteiger partial charge in [-0.05, 0) is 24.3 Å². The molecule has 16 heavy (non-hydrogen) atoms. The highest BCUT2D eigenvalue weighted by molar-refractivity contribution is 9.10. The van der Waals surface area contributed by atoms with Crippen LogP contribution in [-0.2, 0) is 0 Å². The van der Waals surface area contributed by atoms with Crippen LogP contribution in [0.4, 0.5) is 0 Å². The maximum atomic E-state index is 10.6. The summed E-state index contributed by atoms with van der Waals surface area (Å²) in [6, 6.07) is 7.21. The van der Waals surface area contributed by atoms with E-state index in [2.05, 4.69) is 20.9 Å². The summed E-state index contributed by atoms with van der Waals surface area (Å²) in [5.74, 6) is -0.434. The average molecular weight is 300 g/mol. The predicted octanol–water partition coefficient (Wildman–Crippen LogP) is 3.40. The van der Waals surface area contributed by atoms with Crippen molar-refractivity contribution < 1.29 is 14.6 Å². The van der Waals surface area contributed by atoms with Gasteiger partial charge in [-0.3, -0.25) is 0 Å². The Hall–Kier alpha value is -1.40. The molecule has 2 aromatic rings. The Balaban J connectivity index is 2.14. The second-order valence-electron chi connectivity index (χ2n) is 2.86. The second kappa shape index (κ2) is 4.63. The fourth-order valence-electron chi connectivity index (χ4n) is 1.01. The number of rotatable bonds is 3. The number of thiazole rings is 1. The van der Waals surface area contributed by atoms with Crippen LogP contribution >= 0.6 is 27.3 Å². The SMILES string of the molecule is O=C(O)c1csc(Oc2ccc(Br)cc2)n1. The summed E-state index contributed by atoms with van der Waals surface area (Å²) in [5, 5.41) is 10.4. The lowest BCUT2D eigenvalue weighted by Crippen LogP contribution is -1.95. The molecule has 0 saturated carbocycles. The van der Waals surface area contributed by atoms with Gasteiger partial charge in [0.2, 0.25) is 0 Å². The number of halogens is 1.